The second-order valence-corrected chi connectivity index (χ2v) is 6.79. The van der Waals surface area contributed by atoms with E-state index in [0.717, 1.165) is 0 Å². The van der Waals surface area contributed by atoms with Gasteiger partial charge in [0.05, 0.1) is 35.9 Å². The lowest BCUT2D eigenvalue weighted by Crippen LogP contribution is -2.36. The standard InChI is InChI=1S/C22H23N3O7/c1-4-30-18(26)13-24-14(3)19(22(27)31-5-2)20(21(23-24)17-11-8-12-32-17)15-9-6-7-10-16(15)25(28)29/h6-12,20H,4-5,13H2,1-3H3. The number of hydrogen-bond donors (Lipinski definition) is 0. The Kier molecular flexibility index (Phi) is 7.04. The van der Waals surface area contributed by atoms with Crippen molar-refractivity contribution in [1.29, 1.82) is 0 Å². The van der Waals surface area contributed by atoms with E-state index in [0.29, 0.717) is 11.5 Å². The Morgan fingerprint density at radius 3 is 2.50 bits per heavy atom. The lowest BCUT2D eigenvalue weighted by Gasteiger charge is -2.32. The number of carbonyl (C=O) groups excluding carboxylic acids is 2. The van der Waals surface area contributed by atoms with Gasteiger partial charge in [0.15, 0.2) is 5.76 Å². The smallest absolute Gasteiger partial charge is 0.336 e. The van der Waals surface area contributed by atoms with E-state index in [1.807, 2.05) is 0 Å². The van der Waals surface area contributed by atoms with Gasteiger partial charge in [0.1, 0.15) is 12.3 Å². The molecular weight excluding hydrogens is 418 g/mol. The van der Waals surface area contributed by atoms with Crippen molar-refractivity contribution >= 4 is 23.3 Å². The van der Waals surface area contributed by atoms with Crippen LogP contribution in [0.2, 0.25) is 0 Å². The number of rotatable bonds is 8. The van der Waals surface area contributed by atoms with E-state index in [4.69, 9.17) is 13.9 Å². The van der Waals surface area contributed by atoms with Crippen molar-refractivity contribution in [1.82, 2.24) is 5.01 Å². The van der Waals surface area contributed by atoms with Crippen LogP contribution in [0.5, 0.6) is 0 Å². The van der Waals surface area contributed by atoms with Crippen molar-refractivity contribution in [2.24, 2.45) is 5.10 Å². The summed E-state index contributed by atoms with van der Waals surface area (Å²) >= 11 is 0. The van der Waals surface area contributed by atoms with Gasteiger partial charge in [0, 0.05) is 17.3 Å². The largest absolute Gasteiger partial charge is 0.465 e. The third-order valence-electron chi connectivity index (χ3n) is 4.87. The molecule has 0 aliphatic carbocycles. The maximum Gasteiger partial charge on any atom is 0.336 e. The topological polar surface area (TPSA) is 124 Å². The van der Waals surface area contributed by atoms with E-state index in [9.17, 15) is 19.7 Å². The molecule has 0 radical (unpaired) electrons. The summed E-state index contributed by atoms with van der Waals surface area (Å²) in [4.78, 5) is 36.5. The van der Waals surface area contributed by atoms with Crippen LogP contribution in [0.3, 0.4) is 0 Å². The minimum Gasteiger partial charge on any atom is -0.465 e. The van der Waals surface area contributed by atoms with Crippen molar-refractivity contribution in [2.45, 2.75) is 26.7 Å². The average molecular weight is 441 g/mol. The van der Waals surface area contributed by atoms with Crippen molar-refractivity contribution < 1.29 is 28.4 Å². The Balaban J connectivity index is 2.24. The normalized spacial score (nSPS) is 15.9. The van der Waals surface area contributed by atoms with Gasteiger partial charge in [-0.05, 0) is 32.9 Å². The van der Waals surface area contributed by atoms with Crippen molar-refractivity contribution in [2.75, 3.05) is 19.8 Å². The molecule has 0 saturated carbocycles. The van der Waals surface area contributed by atoms with Gasteiger partial charge in [-0.1, -0.05) is 18.2 Å². The Morgan fingerprint density at radius 1 is 1.16 bits per heavy atom. The summed E-state index contributed by atoms with van der Waals surface area (Å²) in [5, 5.41) is 17.6. The van der Waals surface area contributed by atoms with Gasteiger partial charge >= 0.3 is 11.9 Å². The quantitative estimate of drug-likeness (QED) is 0.347. The molecule has 10 heteroatoms. The zero-order chi connectivity index (χ0) is 23.3. The molecule has 2 heterocycles. The van der Waals surface area contributed by atoms with Crippen LogP contribution in [0.4, 0.5) is 5.69 Å². The average Bonchev–Trinajstić information content (AvgIpc) is 3.29. The Bertz CT molecular complexity index is 1070. The second-order valence-electron chi connectivity index (χ2n) is 6.79. The minimum atomic E-state index is -0.944. The van der Waals surface area contributed by atoms with Gasteiger partial charge in [0.2, 0.25) is 0 Å². The molecule has 168 valence electrons. The SMILES string of the molecule is CCOC(=O)CN1N=C(c2ccco2)C(c2ccccc2[N+](=O)[O-])C(C(=O)OCC)=C1C. The Morgan fingerprint density at radius 2 is 1.88 bits per heavy atom. The molecular formula is C22H23N3O7. The molecule has 0 bridgehead atoms. The molecule has 1 aliphatic heterocycles. The van der Waals surface area contributed by atoms with Crippen LogP contribution in [0.15, 0.2) is 63.5 Å². The van der Waals surface area contributed by atoms with E-state index >= 15 is 0 Å². The van der Waals surface area contributed by atoms with Crippen molar-refractivity contribution in [3.63, 3.8) is 0 Å². The van der Waals surface area contributed by atoms with E-state index in [1.165, 1.54) is 17.3 Å². The van der Waals surface area contributed by atoms with E-state index in [-0.39, 0.29) is 42.3 Å². The van der Waals surface area contributed by atoms with E-state index in [2.05, 4.69) is 5.10 Å². The molecule has 1 aliphatic rings. The zero-order valence-electron chi connectivity index (χ0n) is 17.9. The summed E-state index contributed by atoms with van der Waals surface area (Å²) in [5.41, 5.74) is 0.778. The fourth-order valence-electron chi connectivity index (χ4n) is 3.52. The van der Waals surface area contributed by atoms with Crippen LogP contribution in [-0.2, 0) is 19.1 Å². The van der Waals surface area contributed by atoms with Crippen molar-refractivity contribution in [3.05, 3.63) is 75.4 Å². The van der Waals surface area contributed by atoms with Gasteiger partial charge in [-0.2, -0.15) is 5.10 Å². The molecule has 3 rings (SSSR count). The molecule has 0 amide bonds. The molecule has 0 spiro atoms. The minimum absolute atomic E-state index is 0.102. The Labute approximate surface area is 184 Å². The first kappa shape index (κ1) is 22.7. The molecule has 0 N–H and O–H groups in total. The first-order chi connectivity index (χ1) is 15.4. The molecule has 1 aromatic carbocycles. The number of benzene rings is 1. The van der Waals surface area contributed by atoms with Gasteiger partial charge in [0.25, 0.3) is 5.69 Å². The van der Waals surface area contributed by atoms with Crippen LogP contribution < -0.4 is 0 Å². The van der Waals surface area contributed by atoms with Crippen LogP contribution in [0.1, 0.15) is 38.0 Å². The number of nitro benzene ring substituents is 1. The fraction of sp³-hybridized carbons (Fsp3) is 0.318. The maximum atomic E-state index is 13.1. The van der Waals surface area contributed by atoms with Gasteiger partial charge < -0.3 is 13.9 Å². The second kappa shape index (κ2) is 9.90. The predicted octanol–water partition coefficient (Wildman–Crippen LogP) is 3.39. The summed E-state index contributed by atoms with van der Waals surface area (Å²) in [6.45, 7) is 4.99. The summed E-state index contributed by atoms with van der Waals surface area (Å²) in [6, 6.07) is 9.38. The van der Waals surface area contributed by atoms with Gasteiger partial charge in [-0.15, -0.1) is 0 Å². The van der Waals surface area contributed by atoms with Crippen LogP contribution >= 0.6 is 0 Å². The summed E-state index contributed by atoms with van der Waals surface area (Å²) < 4.78 is 15.8. The number of hydrazone groups is 1. The first-order valence-corrected chi connectivity index (χ1v) is 10.1. The highest BCUT2D eigenvalue weighted by Gasteiger charge is 2.41. The third kappa shape index (κ3) is 4.53. The highest BCUT2D eigenvalue weighted by atomic mass is 16.6. The van der Waals surface area contributed by atoms with E-state index < -0.39 is 22.8 Å². The molecule has 0 fully saturated rings. The monoisotopic (exact) mass is 441 g/mol. The summed E-state index contributed by atoms with van der Waals surface area (Å²) in [7, 11) is 0. The molecule has 32 heavy (non-hydrogen) atoms. The number of nitro groups is 1. The van der Waals surface area contributed by atoms with Crippen LogP contribution in [-0.4, -0.2) is 47.3 Å². The summed E-state index contributed by atoms with van der Waals surface area (Å²) in [6.07, 6.45) is 1.43. The lowest BCUT2D eigenvalue weighted by molar-refractivity contribution is -0.385. The summed E-state index contributed by atoms with van der Waals surface area (Å²) in [5.74, 6) is -1.85. The molecule has 10 nitrogen and oxygen atoms in total. The molecule has 1 unspecified atom stereocenters. The number of carbonyl (C=O) groups is 2. The number of para-hydroxylation sites is 1. The highest BCUT2D eigenvalue weighted by Crippen LogP contribution is 2.40. The third-order valence-corrected chi connectivity index (χ3v) is 4.87. The fourth-order valence-corrected chi connectivity index (χ4v) is 3.52. The predicted molar refractivity (Wildman–Crippen MR) is 114 cm³/mol. The highest BCUT2D eigenvalue weighted by molar-refractivity contribution is 6.12. The lowest BCUT2D eigenvalue weighted by atomic mass is 9.82. The molecule has 2 aromatic rings. The number of hydrogen-bond acceptors (Lipinski definition) is 9. The van der Waals surface area contributed by atoms with E-state index in [1.54, 1.807) is 51.1 Å². The Hall–Kier alpha value is -3.95. The first-order valence-electron chi connectivity index (χ1n) is 10.1. The maximum absolute atomic E-state index is 13.1. The number of nitrogens with zero attached hydrogens (tertiary/aromatic N) is 3. The number of allylic oxidation sites excluding steroid dienone is 1. The number of esters is 2. The zero-order valence-corrected chi connectivity index (χ0v) is 17.9. The molecule has 1 atom stereocenters. The molecule has 1 aromatic heterocycles. The van der Waals surface area contributed by atoms with Gasteiger partial charge in [-0.25, -0.2) is 4.79 Å². The molecule has 0 saturated heterocycles. The van der Waals surface area contributed by atoms with Crippen molar-refractivity contribution in [3.8, 4) is 0 Å². The number of ether oxygens (including phenoxy) is 2. The number of furan rings is 1. The van der Waals surface area contributed by atoms with Crippen LogP contribution in [0.25, 0.3) is 0 Å². The van der Waals surface area contributed by atoms with Crippen LogP contribution in [0, 0.1) is 10.1 Å². The van der Waals surface area contributed by atoms with Gasteiger partial charge in [-0.3, -0.25) is 19.9 Å².